The van der Waals surface area contributed by atoms with E-state index in [0.29, 0.717) is 0 Å². The molecule has 2 heterocycles. The summed E-state index contributed by atoms with van der Waals surface area (Å²) in [7, 11) is 0. The lowest BCUT2D eigenvalue weighted by atomic mass is 10.6. The smallest absolute Gasteiger partial charge is 0.241 e. The second-order valence-electron chi connectivity index (χ2n) is 1.59. The maximum atomic E-state index is 3.83. The van der Waals surface area contributed by atoms with Gasteiger partial charge >= 0.3 is 12.0 Å². The Balaban J connectivity index is 2.95. The predicted molar refractivity (Wildman–Crippen MR) is 27.4 cm³/mol. The maximum absolute atomic E-state index is 3.83. The molecule has 0 saturated carbocycles. The minimum Gasteiger partial charge on any atom is -0.241 e. The Morgan fingerprint density at radius 1 is 1.67 bits per heavy atom. The molecule has 0 saturated heterocycles. The average molecular weight is 119 g/mol. The van der Waals surface area contributed by atoms with Crippen LogP contribution < -0.4 is 5.10 Å². The molecule has 0 aliphatic carbocycles. The topological polar surface area (TPSA) is 44.3 Å². The average Bonchev–Trinajstić information content (AvgIpc) is 2.33. The van der Waals surface area contributed by atoms with E-state index in [4.69, 9.17) is 0 Å². The third-order valence-electron chi connectivity index (χ3n) is 1.04. The van der Waals surface area contributed by atoms with Crippen molar-refractivity contribution in [2.75, 3.05) is 0 Å². The lowest BCUT2D eigenvalue weighted by molar-refractivity contribution is -0.390. The maximum Gasteiger partial charge on any atom is 0.462 e. The molecule has 0 radical (unpaired) electrons. The first-order valence-corrected chi connectivity index (χ1v) is 2.49. The third-order valence-corrected chi connectivity index (χ3v) is 1.04. The van der Waals surface area contributed by atoms with Crippen molar-refractivity contribution in [2.45, 2.75) is 0 Å². The summed E-state index contributed by atoms with van der Waals surface area (Å²) in [6.07, 6.45) is 5.71. The van der Waals surface area contributed by atoms with E-state index in [2.05, 4.69) is 21.4 Å². The highest BCUT2D eigenvalue weighted by molar-refractivity contribution is 5.30. The van der Waals surface area contributed by atoms with Crippen LogP contribution in [0.5, 0.6) is 0 Å². The van der Waals surface area contributed by atoms with Gasteiger partial charge in [-0.15, -0.1) is 0 Å². The zero-order valence-electron chi connectivity index (χ0n) is 4.52. The van der Waals surface area contributed by atoms with Gasteiger partial charge in [-0.3, -0.25) is 0 Å². The van der Waals surface area contributed by atoms with Crippen LogP contribution in [0, 0.1) is 6.33 Å². The monoisotopic (exact) mass is 119 g/mol. The quantitative estimate of drug-likeness (QED) is 0.452. The molecular formula is C5H3N4+. The summed E-state index contributed by atoms with van der Waals surface area (Å²) in [4.78, 5) is 7.63. The van der Waals surface area contributed by atoms with E-state index in [9.17, 15) is 0 Å². The molecular weight excluding hydrogens is 116 g/mol. The molecule has 0 aliphatic heterocycles. The van der Waals surface area contributed by atoms with Crippen LogP contribution in [0.3, 0.4) is 0 Å². The summed E-state index contributed by atoms with van der Waals surface area (Å²) in [5.41, 5.74) is 0.769. The molecule has 0 fully saturated rings. The molecule has 0 bridgehead atoms. The normalized spacial score (nSPS) is 9.33. The van der Waals surface area contributed by atoms with Crippen molar-refractivity contribution in [3.05, 3.63) is 24.9 Å². The van der Waals surface area contributed by atoms with E-state index in [0.717, 1.165) is 5.65 Å². The van der Waals surface area contributed by atoms with Crippen LogP contribution in [0.4, 0.5) is 0 Å². The standard InChI is InChI=1S/C5H3N4/c1-2-6-4-9-5(1)7-3-8-9/h1-2,4H/q+1. The molecule has 9 heavy (non-hydrogen) atoms. The molecule has 0 atom stereocenters. The fourth-order valence-electron chi connectivity index (χ4n) is 0.634. The van der Waals surface area contributed by atoms with E-state index in [1.807, 2.05) is 0 Å². The highest BCUT2D eigenvalue weighted by Gasteiger charge is 1.98. The third kappa shape index (κ3) is 0.515. The minimum absolute atomic E-state index is 0.769. The molecule has 0 aliphatic rings. The number of fused-ring (bicyclic) bond motifs is 1. The van der Waals surface area contributed by atoms with Gasteiger partial charge in [0, 0.05) is 17.2 Å². The van der Waals surface area contributed by atoms with E-state index in [-0.39, 0.29) is 0 Å². The van der Waals surface area contributed by atoms with E-state index in [1.165, 1.54) is 0 Å². The van der Waals surface area contributed by atoms with Gasteiger partial charge in [-0.1, -0.05) is 0 Å². The number of hydrogen-bond acceptors (Lipinski definition) is 2. The fourth-order valence-corrected chi connectivity index (χ4v) is 0.634. The summed E-state index contributed by atoms with van der Waals surface area (Å²) in [6, 6.07) is 1.77. The molecule has 0 amide bonds. The Bertz CT molecular complexity index is 283. The highest BCUT2D eigenvalue weighted by Crippen LogP contribution is 1.85. The van der Waals surface area contributed by atoms with E-state index in [1.54, 1.807) is 23.1 Å². The van der Waals surface area contributed by atoms with Crippen molar-refractivity contribution >= 4 is 5.65 Å². The van der Waals surface area contributed by atoms with Gasteiger partial charge in [0.25, 0.3) is 0 Å². The Hall–Kier alpha value is -1.63. The van der Waals surface area contributed by atoms with Crippen LogP contribution in [0.1, 0.15) is 0 Å². The van der Waals surface area contributed by atoms with Gasteiger partial charge in [-0.05, 0) is 9.61 Å². The van der Waals surface area contributed by atoms with Gasteiger partial charge in [0.1, 0.15) is 0 Å². The highest BCUT2D eigenvalue weighted by atomic mass is 15.2. The van der Waals surface area contributed by atoms with Crippen LogP contribution in [-0.4, -0.2) is 14.5 Å². The number of nitrogens with zero attached hydrogens (tertiary/aromatic N) is 4. The van der Waals surface area contributed by atoms with Crippen LogP contribution >= 0.6 is 0 Å². The van der Waals surface area contributed by atoms with Crippen LogP contribution in [-0.2, 0) is 0 Å². The number of hydrogen-bond donors (Lipinski definition) is 0. The molecule has 4 heteroatoms. The number of rotatable bonds is 0. The summed E-state index contributed by atoms with van der Waals surface area (Å²) in [6.45, 7) is 0. The van der Waals surface area contributed by atoms with Gasteiger partial charge < -0.3 is 0 Å². The van der Waals surface area contributed by atoms with Gasteiger partial charge in [-0.25, -0.2) is 4.98 Å². The van der Waals surface area contributed by atoms with Crippen LogP contribution in [0.15, 0.2) is 18.6 Å². The van der Waals surface area contributed by atoms with Crippen molar-refractivity contribution in [3.63, 3.8) is 0 Å². The van der Waals surface area contributed by atoms with E-state index >= 15 is 0 Å². The fraction of sp³-hybridized carbons (Fsp3) is 0. The van der Waals surface area contributed by atoms with Gasteiger partial charge in [0.15, 0.2) is 6.33 Å². The van der Waals surface area contributed by atoms with Crippen molar-refractivity contribution in [3.8, 4) is 0 Å². The van der Waals surface area contributed by atoms with E-state index < -0.39 is 0 Å². The Kier molecular flexibility index (Phi) is 0.674. The van der Waals surface area contributed by atoms with Crippen LogP contribution in [0.2, 0.25) is 0 Å². The Morgan fingerprint density at radius 2 is 2.67 bits per heavy atom. The Labute approximate surface area is 51.2 Å². The van der Waals surface area contributed by atoms with Gasteiger partial charge in [0.05, 0.1) is 0 Å². The molecule has 4 nitrogen and oxygen atoms in total. The summed E-state index contributed by atoms with van der Waals surface area (Å²) >= 11 is 0. The number of aromatic nitrogens is 4. The first-order chi connectivity index (χ1) is 4.47. The summed E-state index contributed by atoms with van der Waals surface area (Å²) in [5.74, 6) is 0. The second kappa shape index (κ2) is 1.42. The van der Waals surface area contributed by atoms with Crippen molar-refractivity contribution < 1.29 is 5.10 Å². The zero-order valence-corrected chi connectivity index (χ0v) is 4.52. The molecule has 0 aromatic carbocycles. The van der Waals surface area contributed by atoms with Gasteiger partial charge in [-0.2, -0.15) is 0 Å². The molecule has 2 aromatic rings. The second-order valence-corrected chi connectivity index (χ2v) is 1.59. The van der Waals surface area contributed by atoms with Gasteiger partial charge in [0.2, 0.25) is 0 Å². The first-order valence-electron chi connectivity index (χ1n) is 2.49. The van der Waals surface area contributed by atoms with Crippen molar-refractivity contribution in [2.24, 2.45) is 0 Å². The zero-order chi connectivity index (χ0) is 6.10. The molecule has 2 aromatic heterocycles. The van der Waals surface area contributed by atoms with Crippen LogP contribution in [0.25, 0.3) is 5.65 Å². The largest absolute Gasteiger partial charge is 0.462 e. The summed E-state index contributed by atoms with van der Waals surface area (Å²) < 4.78 is 1.56. The summed E-state index contributed by atoms with van der Waals surface area (Å²) in [5, 5.41) is 3.74. The SMILES string of the molecule is c1nc2ccncn2[n+]#1. The molecule has 42 valence electrons. The molecule has 0 N–H and O–H groups in total. The minimum atomic E-state index is 0.769. The lowest BCUT2D eigenvalue weighted by Gasteiger charge is -1.74. The molecule has 0 spiro atoms. The Morgan fingerprint density at radius 3 is 3.56 bits per heavy atom. The van der Waals surface area contributed by atoms with Crippen molar-refractivity contribution in [1.82, 2.24) is 14.5 Å². The van der Waals surface area contributed by atoms with Crippen molar-refractivity contribution in [1.29, 1.82) is 0 Å². The first kappa shape index (κ1) is 4.27. The predicted octanol–water partition coefficient (Wildman–Crippen LogP) is -0.871. The molecule has 0 unspecified atom stereocenters. The molecule has 2 rings (SSSR count). The lowest BCUT2D eigenvalue weighted by Crippen LogP contribution is -2.02.